The van der Waals surface area contributed by atoms with E-state index in [1.807, 2.05) is 32.0 Å². The number of carbonyl (C=O) groups excluding carboxylic acids is 1. The first-order chi connectivity index (χ1) is 11.1. The summed E-state index contributed by atoms with van der Waals surface area (Å²) in [4.78, 5) is 23.1. The van der Waals surface area contributed by atoms with Crippen LogP contribution in [0.5, 0.6) is 0 Å². The Morgan fingerprint density at radius 3 is 2.87 bits per heavy atom. The first kappa shape index (κ1) is 15.5. The molecule has 0 radical (unpaired) electrons. The SMILES string of the molecule is Cc1nc(CNC(=O)c2ccc(N(C)C)nc2)c2n1CCCC2. The lowest BCUT2D eigenvalue weighted by Gasteiger charge is -2.16. The summed E-state index contributed by atoms with van der Waals surface area (Å²) in [5.74, 6) is 1.76. The van der Waals surface area contributed by atoms with Gasteiger partial charge in [0.2, 0.25) is 0 Å². The highest BCUT2D eigenvalue weighted by atomic mass is 16.1. The number of nitrogens with one attached hydrogen (secondary N) is 1. The maximum atomic E-state index is 12.3. The lowest BCUT2D eigenvalue weighted by molar-refractivity contribution is 0.0950. The van der Waals surface area contributed by atoms with E-state index in [4.69, 9.17) is 0 Å². The van der Waals surface area contributed by atoms with Crippen LogP contribution < -0.4 is 10.2 Å². The van der Waals surface area contributed by atoms with Gasteiger partial charge in [0, 0.05) is 32.5 Å². The van der Waals surface area contributed by atoms with Crippen molar-refractivity contribution in [2.75, 3.05) is 19.0 Å². The summed E-state index contributed by atoms with van der Waals surface area (Å²) in [5.41, 5.74) is 2.84. The predicted octanol–water partition coefficient (Wildman–Crippen LogP) is 1.92. The minimum absolute atomic E-state index is 0.113. The van der Waals surface area contributed by atoms with Gasteiger partial charge in [-0.1, -0.05) is 0 Å². The molecule has 3 rings (SSSR count). The van der Waals surface area contributed by atoms with Gasteiger partial charge in [-0.3, -0.25) is 4.79 Å². The summed E-state index contributed by atoms with van der Waals surface area (Å²) < 4.78 is 2.28. The molecule has 1 amide bonds. The van der Waals surface area contributed by atoms with Crippen LogP contribution in [0.1, 0.15) is 40.4 Å². The van der Waals surface area contributed by atoms with Gasteiger partial charge in [0.1, 0.15) is 11.6 Å². The van der Waals surface area contributed by atoms with Crippen molar-refractivity contribution in [1.29, 1.82) is 0 Å². The largest absolute Gasteiger partial charge is 0.363 e. The van der Waals surface area contributed by atoms with Crippen LogP contribution in [0.15, 0.2) is 18.3 Å². The summed E-state index contributed by atoms with van der Waals surface area (Å²) >= 11 is 0. The molecule has 0 aromatic carbocycles. The third kappa shape index (κ3) is 3.21. The lowest BCUT2D eigenvalue weighted by Crippen LogP contribution is -2.24. The number of aromatic nitrogens is 3. The second-order valence-corrected chi connectivity index (χ2v) is 6.14. The van der Waals surface area contributed by atoms with Gasteiger partial charge in [-0.2, -0.15) is 0 Å². The van der Waals surface area contributed by atoms with E-state index in [1.54, 1.807) is 12.3 Å². The molecule has 0 atom stereocenters. The topological polar surface area (TPSA) is 63.1 Å². The molecule has 6 heteroatoms. The third-order valence-electron chi connectivity index (χ3n) is 4.28. The standard InChI is InChI=1S/C17H23N5O/c1-12-20-14(15-6-4-5-9-22(12)15)11-19-17(23)13-7-8-16(18-10-13)21(2)3/h7-8,10H,4-6,9,11H2,1-3H3,(H,19,23). The maximum absolute atomic E-state index is 12.3. The van der Waals surface area contributed by atoms with Crippen molar-refractivity contribution in [1.82, 2.24) is 19.9 Å². The van der Waals surface area contributed by atoms with E-state index in [2.05, 4.69) is 19.9 Å². The molecule has 0 aliphatic carbocycles. The average Bonchev–Trinajstić information content (AvgIpc) is 2.89. The van der Waals surface area contributed by atoms with Crippen LogP contribution in [0.3, 0.4) is 0 Å². The molecule has 23 heavy (non-hydrogen) atoms. The van der Waals surface area contributed by atoms with E-state index in [0.717, 1.165) is 30.3 Å². The number of fused-ring (bicyclic) bond motifs is 1. The number of carbonyl (C=O) groups is 1. The van der Waals surface area contributed by atoms with Crippen molar-refractivity contribution < 1.29 is 4.79 Å². The van der Waals surface area contributed by atoms with Crippen LogP contribution >= 0.6 is 0 Å². The highest BCUT2D eigenvalue weighted by molar-refractivity contribution is 5.94. The van der Waals surface area contributed by atoms with E-state index in [-0.39, 0.29) is 5.91 Å². The number of rotatable bonds is 4. The molecule has 122 valence electrons. The minimum atomic E-state index is -0.113. The second-order valence-electron chi connectivity index (χ2n) is 6.14. The van der Waals surface area contributed by atoms with Crippen LogP contribution in [0.25, 0.3) is 0 Å². The monoisotopic (exact) mass is 313 g/mol. The van der Waals surface area contributed by atoms with Gasteiger partial charge in [0.05, 0.1) is 17.8 Å². The Morgan fingerprint density at radius 1 is 1.35 bits per heavy atom. The van der Waals surface area contributed by atoms with E-state index in [0.29, 0.717) is 12.1 Å². The Morgan fingerprint density at radius 2 is 2.17 bits per heavy atom. The Kier molecular flexibility index (Phi) is 4.32. The van der Waals surface area contributed by atoms with Crippen LogP contribution in [-0.2, 0) is 19.5 Å². The molecule has 6 nitrogen and oxygen atoms in total. The zero-order chi connectivity index (χ0) is 16.4. The van der Waals surface area contributed by atoms with Crippen molar-refractivity contribution in [3.05, 3.63) is 41.1 Å². The van der Waals surface area contributed by atoms with Gasteiger partial charge in [-0.25, -0.2) is 9.97 Å². The van der Waals surface area contributed by atoms with Crippen molar-refractivity contribution in [3.8, 4) is 0 Å². The highest BCUT2D eigenvalue weighted by Crippen LogP contribution is 2.20. The van der Waals surface area contributed by atoms with E-state index >= 15 is 0 Å². The third-order valence-corrected chi connectivity index (χ3v) is 4.28. The number of nitrogens with zero attached hydrogens (tertiary/aromatic N) is 4. The van der Waals surface area contributed by atoms with Gasteiger partial charge in [0.15, 0.2) is 0 Å². The lowest BCUT2D eigenvalue weighted by atomic mass is 10.1. The fourth-order valence-electron chi connectivity index (χ4n) is 3.00. The van der Waals surface area contributed by atoms with Gasteiger partial charge in [-0.05, 0) is 38.3 Å². The summed E-state index contributed by atoms with van der Waals surface area (Å²) in [6, 6.07) is 3.64. The molecule has 2 aromatic rings. The first-order valence-electron chi connectivity index (χ1n) is 8.02. The minimum Gasteiger partial charge on any atom is -0.363 e. The van der Waals surface area contributed by atoms with E-state index < -0.39 is 0 Å². The Bertz CT molecular complexity index is 703. The molecule has 0 saturated carbocycles. The number of imidazole rings is 1. The number of pyridine rings is 1. The second kappa shape index (κ2) is 6.40. The number of amides is 1. The van der Waals surface area contributed by atoms with Crippen LogP contribution in [0, 0.1) is 6.92 Å². The van der Waals surface area contributed by atoms with Crippen molar-refractivity contribution in [2.45, 2.75) is 39.3 Å². The van der Waals surface area contributed by atoms with Crippen molar-refractivity contribution >= 4 is 11.7 Å². The van der Waals surface area contributed by atoms with Gasteiger partial charge in [0.25, 0.3) is 5.91 Å². The molecule has 3 heterocycles. The molecule has 0 bridgehead atoms. The summed E-state index contributed by atoms with van der Waals surface area (Å²) in [6.45, 7) is 3.54. The molecule has 1 N–H and O–H groups in total. The number of anilines is 1. The Hall–Kier alpha value is -2.37. The first-order valence-corrected chi connectivity index (χ1v) is 8.02. The summed E-state index contributed by atoms with van der Waals surface area (Å²) in [6.07, 6.45) is 5.06. The van der Waals surface area contributed by atoms with Crippen molar-refractivity contribution in [2.24, 2.45) is 0 Å². The fourth-order valence-corrected chi connectivity index (χ4v) is 3.00. The van der Waals surface area contributed by atoms with Crippen molar-refractivity contribution in [3.63, 3.8) is 0 Å². The fraction of sp³-hybridized carbons (Fsp3) is 0.471. The average molecular weight is 313 g/mol. The quantitative estimate of drug-likeness (QED) is 0.937. The molecule has 0 spiro atoms. The summed E-state index contributed by atoms with van der Waals surface area (Å²) in [7, 11) is 3.85. The molecule has 1 aliphatic heterocycles. The van der Waals surface area contributed by atoms with Gasteiger partial charge < -0.3 is 14.8 Å². The summed E-state index contributed by atoms with van der Waals surface area (Å²) in [5, 5.41) is 2.96. The molecule has 0 fully saturated rings. The van der Waals surface area contributed by atoms with Gasteiger partial charge >= 0.3 is 0 Å². The zero-order valence-corrected chi connectivity index (χ0v) is 14.0. The van der Waals surface area contributed by atoms with E-state index in [1.165, 1.54) is 18.5 Å². The Labute approximate surface area is 136 Å². The molecule has 1 aliphatic rings. The number of hydrogen-bond donors (Lipinski definition) is 1. The molecule has 0 saturated heterocycles. The van der Waals surface area contributed by atoms with Crippen LogP contribution in [0.2, 0.25) is 0 Å². The zero-order valence-electron chi connectivity index (χ0n) is 14.0. The molecular formula is C17H23N5O. The van der Waals surface area contributed by atoms with Crippen LogP contribution in [0.4, 0.5) is 5.82 Å². The molecule has 2 aromatic heterocycles. The number of aryl methyl sites for hydroxylation is 1. The Balaban J connectivity index is 1.67. The van der Waals surface area contributed by atoms with E-state index in [9.17, 15) is 4.79 Å². The predicted molar refractivity (Wildman–Crippen MR) is 89.6 cm³/mol. The normalized spacial score (nSPS) is 13.5. The molecule has 0 unspecified atom stereocenters. The van der Waals surface area contributed by atoms with Crippen LogP contribution in [-0.4, -0.2) is 34.5 Å². The highest BCUT2D eigenvalue weighted by Gasteiger charge is 2.18. The van der Waals surface area contributed by atoms with Gasteiger partial charge in [-0.15, -0.1) is 0 Å². The molecular weight excluding hydrogens is 290 g/mol. The maximum Gasteiger partial charge on any atom is 0.253 e. The smallest absolute Gasteiger partial charge is 0.253 e. The number of hydrogen-bond acceptors (Lipinski definition) is 4.